The third-order valence-electron chi connectivity index (χ3n) is 2.89. The molecular formula is C14H27IN4S. The first-order chi connectivity index (χ1) is 8.97. The lowest BCUT2D eigenvalue weighted by molar-refractivity contribution is 0.493. The minimum atomic E-state index is 0. The molecule has 0 saturated heterocycles. The molecule has 1 aromatic heterocycles. The molecule has 0 saturated carbocycles. The van der Waals surface area contributed by atoms with Gasteiger partial charge in [0.2, 0.25) is 0 Å². The summed E-state index contributed by atoms with van der Waals surface area (Å²) >= 11 is 1.66. The van der Waals surface area contributed by atoms with Crippen molar-refractivity contribution in [3.05, 3.63) is 16.1 Å². The lowest BCUT2D eigenvalue weighted by Crippen LogP contribution is -2.38. The summed E-state index contributed by atoms with van der Waals surface area (Å²) < 4.78 is 0. The molecule has 116 valence electrons. The molecule has 0 amide bonds. The van der Waals surface area contributed by atoms with Crippen LogP contribution in [0.15, 0.2) is 11.2 Å². The van der Waals surface area contributed by atoms with Crippen LogP contribution < -0.4 is 11.1 Å². The van der Waals surface area contributed by atoms with Gasteiger partial charge in [-0.2, -0.15) is 0 Å². The van der Waals surface area contributed by atoms with Gasteiger partial charge in [0.15, 0.2) is 5.96 Å². The summed E-state index contributed by atoms with van der Waals surface area (Å²) in [5.41, 5.74) is 5.88. The number of nitrogens with one attached hydrogen (secondary N) is 1. The maximum absolute atomic E-state index is 5.88. The Morgan fingerprint density at radius 1 is 1.40 bits per heavy atom. The van der Waals surface area contributed by atoms with Crippen molar-refractivity contribution in [1.29, 1.82) is 0 Å². The SMILES string of the molecule is Cc1ncc(CN=C(N)NC(C)CCCC(C)C)s1.I. The standard InChI is InChI=1S/C14H26N4S.HI/c1-10(2)6-5-7-11(3)18-14(15)17-9-13-8-16-12(4)19-13;/h8,10-11H,5-7,9H2,1-4H3,(H3,15,17,18);1H. The Kier molecular flexibility index (Phi) is 10.2. The summed E-state index contributed by atoms with van der Waals surface area (Å²) in [6.07, 6.45) is 5.49. The second kappa shape index (κ2) is 10.4. The van der Waals surface area contributed by atoms with Crippen LogP contribution in [0.1, 0.15) is 49.9 Å². The average molecular weight is 410 g/mol. The van der Waals surface area contributed by atoms with E-state index < -0.39 is 0 Å². The zero-order chi connectivity index (χ0) is 14.3. The van der Waals surface area contributed by atoms with E-state index in [4.69, 9.17) is 5.73 Å². The van der Waals surface area contributed by atoms with Crippen molar-refractivity contribution in [1.82, 2.24) is 10.3 Å². The molecule has 1 heterocycles. The van der Waals surface area contributed by atoms with E-state index in [2.05, 4.69) is 36.1 Å². The molecule has 0 fully saturated rings. The van der Waals surface area contributed by atoms with Crippen molar-refractivity contribution < 1.29 is 0 Å². The minimum Gasteiger partial charge on any atom is -0.370 e. The van der Waals surface area contributed by atoms with Gasteiger partial charge in [0, 0.05) is 17.1 Å². The lowest BCUT2D eigenvalue weighted by atomic mass is 10.0. The number of hydrogen-bond donors (Lipinski definition) is 2. The molecule has 0 aromatic carbocycles. The van der Waals surface area contributed by atoms with Gasteiger partial charge in [-0.05, 0) is 26.2 Å². The summed E-state index contributed by atoms with van der Waals surface area (Å²) in [5.74, 6) is 1.30. The van der Waals surface area contributed by atoms with E-state index in [0.717, 1.165) is 22.2 Å². The molecule has 0 spiro atoms. The first-order valence-corrected chi connectivity index (χ1v) is 7.76. The van der Waals surface area contributed by atoms with E-state index in [9.17, 15) is 0 Å². The van der Waals surface area contributed by atoms with Crippen molar-refractivity contribution in [2.75, 3.05) is 0 Å². The number of aliphatic imine (C=N–C) groups is 1. The fraction of sp³-hybridized carbons (Fsp3) is 0.714. The molecule has 0 radical (unpaired) electrons. The molecule has 0 aliphatic rings. The molecule has 1 aromatic rings. The molecule has 0 aliphatic heterocycles. The van der Waals surface area contributed by atoms with E-state index in [1.807, 2.05) is 13.1 Å². The number of rotatable bonds is 7. The van der Waals surface area contributed by atoms with Gasteiger partial charge in [-0.25, -0.2) is 9.98 Å². The molecule has 0 bridgehead atoms. The number of nitrogens with two attached hydrogens (primary N) is 1. The van der Waals surface area contributed by atoms with Gasteiger partial charge >= 0.3 is 0 Å². The molecule has 1 unspecified atom stereocenters. The van der Waals surface area contributed by atoms with Crippen molar-refractivity contribution in [2.24, 2.45) is 16.6 Å². The van der Waals surface area contributed by atoms with Crippen molar-refractivity contribution in [3.8, 4) is 0 Å². The first-order valence-electron chi connectivity index (χ1n) is 6.95. The zero-order valence-electron chi connectivity index (χ0n) is 12.8. The van der Waals surface area contributed by atoms with Gasteiger partial charge in [-0.1, -0.05) is 26.7 Å². The molecule has 20 heavy (non-hydrogen) atoms. The number of nitrogens with zero attached hydrogens (tertiary/aromatic N) is 2. The molecule has 3 N–H and O–H groups in total. The van der Waals surface area contributed by atoms with Crippen LogP contribution in [0.25, 0.3) is 0 Å². The molecule has 6 heteroatoms. The molecule has 1 rings (SSSR count). The topological polar surface area (TPSA) is 63.3 Å². The van der Waals surface area contributed by atoms with Gasteiger partial charge in [0.05, 0.1) is 11.6 Å². The Bertz CT molecular complexity index is 404. The maximum atomic E-state index is 5.88. The normalized spacial score (nSPS) is 13.2. The van der Waals surface area contributed by atoms with Crippen LogP contribution in [0, 0.1) is 12.8 Å². The first kappa shape index (κ1) is 19.6. The van der Waals surface area contributed by atoms with Crippen LogP contribution in [0.4, 0.5) is 0 Å². The van der Waals surface area contributed by atoms with Crippen LogP contribution >= 0.6 is 35.3 Å². The fourth-order valence-corrected chi connectivity index (χ4v) is 2.56. The Balaban J connectivity index is 0.00000361. The monoisotopic (exact) mass is 410 g/mol. The van der Waals surface area contributed by atoms with Crippen molar-refractivity contribution >= 4 is 41.3 Å². The van der Waals surface area contributed by atoms with E-state index in [1.54, 1.807) is 11.3 Å². The van der Waals surface area contributed by atoms with Gasteiger partial charge < -0.3 is 11.1 Å². The highest BCUT2D eigenvalue weighted by molar-refractivity contribution is 14.0. The lowest BCUT2D eigenvalue weighted by Gasteiger charge is -2.14. The number of hydrogen-bond acceptors (Lipinski definition) is 3. The van der Waals surface area contributed by atoms with E-state index in [-0.39, 0.29) is 24.0 Å². The Hall–Kier alpha value is -0.370. The second-order valence-electron chi connectivity index (χ2n) is 5.42. The van der Waals surface area contributed by atoms with E-state index >= 15 is 0 Å². The smallest absolute Gasteiger partial charge is 0.189 e. The maximum Gasteiger partial charge on any atom is 0.189 e. The van der Waals surface area contributed by atoms with Crippen LogP contribution in [-0.4, -0.2) is 17.0 Å². The summed E-state index contributed by atoms with van der Waals surface area (Å²) in [7, 11) is 0. The number of guanidine groups is 1. The molecular weight excluding hydrogens is 383 g/mol. The predicted molar refractivity (Wildman–Crippen MR) is 98.9 cm³/mol. The Labute approximate surface area is 143 Å². The van der Waals surface area contributed by atoms with Crippen molar-refractivity contribution in [3.63, 3.8) is 0 Å². The van der Waals surface area contributed by atoms with Gasteiger partial charge in [0.25, 0.3) is 0 Å². The van der Waals surface area contributed by atoms with E-state index in [0.29, 0.717) is 18.5 Å². The summed E-state index contributed by atoms with van der Waals surface area (Å²) in [5, 5.41) is 4.31. The molecule has 4 nitrogen and oxygen atoms in total. The van der Waals surface area contributed by atoms with Crippen LogP contribution in [0.3, 0.4) is 0 Å². The number of aryl methyl sites for hydroxylation is 1. The highest BCUT2D eigenvalue weighted by atomic mass is 127. The molecule has 1 atom stereocenters. The Morgan fingerprint density at radius 3 is 2.65 bits per heavy atom. The zero-order valence-corrected chi connectivity index (χ0v) is 16.0. The number of aromatic nitrogens is 1. The second-order valence-corrected chi connectivity index (χ2v) is 6.74. The third kappa shape index (κ3) is 8.73. The van der Waals surface area contributed by atoms with Crippen molar-refractivity contribution in [2.45, 2.75) is 59.5 Å². The average Bonchev–Trinajstić information content (AvgIpc) is 2.72. The van der Waals surface area contributed by atoms with Crippen LogP contribution in [0.2, 0.25) is 0 Å². The van der Waals surface area contributed by atoms with E-state index in [1.165, 1.54) is 12.8 Å². The summed E-state index contributed by atoms with van der Waals surface area (Å²) in [6, 6.07) is 0.380. The molecule has 0 aliphatic carbocycles. The predicted octanol–water partition coefficient (Wildman–Crippen LogP) is 3.69. The highest BCUT2D eigenvalue weighted by Gasteiger charge is 2.04. The van der Waals surface area contributed by atoms with Crippen LogP contribution in [-0.2, 0) is 6.54 Å². The minimum absolute atomic E-state index is 0. The van der Waals surface area contributed by atoms with Crippen LogP contribution in [0.5, 0.6) is 0 Å². The largest absolute Gasteiger partial charge is 0.370 e. The third-order valence-corrected chi connectivity index (χ3v) is 3.78. The summed E-state index contributed by atoms with van der Waals surface area (Å²) in [6.45, 7) is 9.27. The highest BCUT2D eigenvalue weighted by Crippen LogP contribution is 2.12. The number of halogens is 1. The Morgan fingerprint density at radius 2 is 2.10 bits per heavy atom. The number of thiazole rings is 1. The van der Waals surface area contributed by atoms with Gasteiger partial charge in [0.1, 0.15) is 0 Å². The fourth-order valence-electron chi connectivity index (χ4n) is 1.84. The van der Waals surface area contributed by atoms with Gasteiger partial charge in [-0.15, -0.1) is 35.3 Å². The quantitative estimate of drug-likeness (QED) is 0.410. The van der Waals surface area contributed by atoms with Gasteiger partial charge in [-0.3, -0.25) is 0 Å². The summed E-state index contributed by atoms with van der Waals surface area (Å²) in [4.78, 5) is 9.69.